The molecule has 3 N–H and O–H groups in total. The zero-order chi connectivity index (χ0) is 30.2. The summed E-state index contributed by atoms with van der Waals surface area (Å²) in [6, 6.07) is -0.879. The quantitative estimate of drug-likeness (QED) is 0.349. The van der Waals surface area contributed by atoms with Crippen molar-refractivity contribution in [3.8, 4) is 10.4 Å². The maximum absolute atomic E-state index is 14.4. The van der Waals surface area contributed by atoms with Gasteiger partial charge in [-0.2, -0.15) is 13.2 Å². The summed E-state index contributed by atoms with van der Waals surface area (Å²) in [5.74, 6) is -4.83. The molecule has 2 atom stereocenters. The number of aromatic nitrogens is 2. The Morgan fingerprint density at radius 1 is 1.17 bits per heavy atom. The van der Waals surface area contributed by atoms with Crippen molar-refractivity contribution in [2.75, 3.05) is 18.4 Å². The first-order chi connectivity index (χ1) is 19.1. The van der Waals surface area contributed by atoms with Crippen molar-refractivity contribution in [1.82, 2.24) is 20.2 Å². The molecule has 0 bridgehead atoms. The summed E-state index contributed by atoms with van der Waals surface area (Å²) in [7, 11) is 0. The third kappa shape index (κ3) is 7.32. The number of aliphatic hydroxyl groups is 1. The van der Waals surface area contributed by atoms with Crippen LogP contribution in [0.25, 0.3) is 10.4 Å². The highest BCUT2D eigenvalue weighted by Gasteiger charge is 2.43. The van der Waals surface area contributed by atoms with E-state index in [-0.39, 0.29) is 46.8 Å². The molecule has 1 unspecified atom stereocenters. The molecule has 41 heavy (non-hydrogen) atoms. The molecule has 3 heterocycles. The summed E-state index contributed by atoms with van der Waals surface area (Å²) in [5.41, 5.74) is -3.25. The molecule has 2 fully saturated rings. The third-order valence-corrected chi connectivity index (χ3v) is 8.40. The molecule has 1 aliphatic heterocycles. The number of anilines is 1. The fraction of sp³-hybridized carbons (Fsp3) is 0.630. The normalized spacial score (nSPS) is 21.4. The Kier molecular flexibility index (Phi) is 8.93. The minimum absolute atomic E-state index is 0.0857. The van der Waals surface area contributed by atoms with Crippen LogP contribution in [0.3, 0.4) is 0 Å². The lowest BCUT2D eigenvalue weighted by molar-refractivity contribution is -0.137. The first kappa shape index (κ1) is 31.1. The van der Waals surface area contributed by atoms with E-state index in [1.807, 2.05) is 6.92 Å². The van der Waals surface area contributed by atoms with Gasteiger partial charge in [0.1, 0.15) is 11.5 Å². The molecule has 4 rings (SSSR count). The molecule has 1 aliphatic carbocycles. The molecule has 226 valence electrons. The summed E-state index contributed by atoms with van der Waals surface area (Å²) in [5, 5.41) is 14.7. The first-order valence-electron chi connectivity index (χ1n) is 13.6. The van der Waals surface area contributed by atoms with Crippen LogP contribution < -0.4 is 10.6 Å². The van der Waals surface area contributed by atoms with Gasteiger partial charge in [0.2, 0.25) is 0 Å². The van der Waals surface area contributed by atoms with Gasteiger partial charge >= 0.3 is 6.18 Å². The highest BCUT2D eigenvalue weighted by Crippen LogP contribution is 2.43. The van der Waals surface area contributed by atoms with Crippen LogP contribution >= 0.6 is 11.3 Å². The van der Waals surface area contributed by atoms with Crippen molar-refractivity contribution in [2.24, 2.45) is 0 Å². The van der Waals surface area contributed by atoms with E-state index in [2.05, 4.69) is 20.6 Å². The van der Waals surface area contributed by atoms with Gasteiger partial charge in [-0.15, -0.1) is 11.3 Å². The molecule has 2 aromatic rings. The summed E-state index contributed by atoms with van der Waals surface area (Å²) in [6.07, 6.45) is -1.16. The number of pyridine rings is 1. The Morgan fingerprint density at radius 2 is 1.88 bits per heavy atom. The number of piperidine rings is 1. The molecular formula is C27H34F5N5O3S. The number of carbonyl (C=O) groups is 2. The number of rotatable bonds is 7. The Hall–Kier alpha value is -2.87. The number of hydrogen-bond donors (Lipinski definition) is 3. The van der Waals surface area contributed by atoms with Crippen molar-refractivity contribution < 1.29 is 36.6 Å². The largest absolute Gasteiger partial charge is 0.417 e. The van der Waals surface area contributed by atoms with Crippen LogP contribution in [0.5, 0.6) is 0 Å². The number of halogens is 5. The summed E-state index contributed by atoms with van der Waals surface area (Å²) in [4.78, 5) is 36.0. The van der Waals surface area contributed by atoms with Gasteiger partial charge in [-0.1, -0.05) is 6.42 Å². The van der Waals surface area contributed by atoms with E-state index in [0.717, 1.165) is 19.0 Å². The smallest absolute Gasteiger partial charge is 0.389 e. The number of nitrogens with zero attached hydrogens (tertiary/aromatic N) is 3. The molecule has 0 aromatic carbocycles. The van der Waals surface area contributed by atoms with Crippen LogP contribution in [0.15, 0.2) is 12.3 Å². The van der Waals surface area contributed by atoms with E-state index in [1.54, 1.807) is 0 Å². The van der Waals surface area contributed by atoms with Gasteiger partial charge in [0.05, 0.1) is 22.1 Å². The van der Waals surface area contributed by atoms with Crippen LogP contribution in [0, 0.1) is 0 Å². The molecule has 2 amide bonds. The molecular weight excluding hydrogens is 569 g/mol. The Balaban J connectivity index is 1.77. The molecule has 0 spiro atoms. The van der Waals surface area contributed by atoms with Gasteiger partial charge in [-0.05, 0) is 58.9 Å². The van der Waals surface area contributed by atoms with Crippen molar-refractivity contribution >= 4 is 29.0 Å². The van der Waals surface area contributed by atoms with Crippen molar-refractivity contribution in [3.05, 3.63) is 28.5 Å². The second-order valence-electron chi connectivity index (χ2n) is 11.4. The standard InChI is InChI=1S/C27H34F5N5O3S/c1-15-8-5-7-11-37(15)24(39)20-21(41-23(36-20)22(38)34-14-25(2,3)40)16-13-33-19(12-17(16)27(30,31)32)35-18-9-4-6-10-26(18,28)29/h12-13,15,18,40H,4-11,14H2,1-3H3,(H,33,35)(H,34,38)/t15-,18?/m0/s1. The predicted octanol–water partition coefficient (Wildman–Crippen LogP) is 5.73. The number of nitrogens with one attached hydrogen (secondary N) is 2. The third-order valence-electron chi connectivity index (χ3n) is 7.31. The number of carbonyl (C=O) groups excluding carboxylic acids is 2. The van der Waals surface area contributed by atoms with E-state index in [1.165, 1.54) is 18.7 Å². The van der Waals surface area contributed by atoms with E-state index < -0.39 is 46.7 Å². The van der Waals surface area contributed by atoms with E-state index in [9.17, 15) is 36.6 Å². The number of thiazole rings is 1. The SMILES string of the molecule is C[C@H]1CCCCN1C(=O)c1nc(C(=O)NCC(C)(C)O)sc1-c1cnc(NC2CCCCC2(F)F)cc1C(F)(F)F. The Bertz CT molecular complexity index is 1280. The van der Waals surface area contributed by atoms with Gasteiger partial charge in [0.15, 0.2) is 5.01 Å². The maximum Gasteiger partial charge on any atom is 0.417 e. The van der Waals surface area contributed by atoms with Crippen LogP contribution in [0.2, 0.25) is 0 Å². The average Bonchev–Trinajstić information content (AvgIpc) is 3.33. The zero-order valence-corrected chi connectivity index (χ0v) is 23.9. The Morgan fingerprint density at radius 3 is 2.51 bits per heavy atom. The van der Waals surface area contributed by atoms with Gasteiger partial charge in [-0.3, -0.25) is 9.59 Å². The summed E-state index contributed by atoms with van der Waals surface area (Å²) < 4.78 is 71.9. The van der Waals surface area contributed by atoms with Crippen LogP contribution in [0.1, 0.15) is 91.6 Å². The molecule has 8 nitrogen and oxygen atoms in total. The van der Waals surface area contributed by atoms with Gasteiger partial charge in [0, 0.05) is 37.3 Å². The molecule has 0 radical (unpaired) electrons. The average molecular weight is 604 g/mol. The van der Waals surface area contributed by atoms with Crippen LogP contribution in [-0.4, -0.2) is 68.5 Å². The lowest BCUT2D eigenvalue weighted by Gasteiger charge is -2.33. The van der Waals surface area contributed by atoms with Crippen LogP contribution in [0.4, 0.5) is 27.8 Å². The molecule has 1 saturated heterocycles. The molecule has 2 aliphatic rings. The highest BCUT2D eigenvalue weighted by molar-refractivity contribution is 7.17. The maximum atomic E-state index is 14.4. The van der Waals surface area contributed by atoms with E-state index in [0.29, 0.717) is 43.2 Å². The molecule has 1 saturated carbocycles. The zero-order valence-electron chi connectivity index (χ0n) is 23.1. The second-order valence-corrected chi connectivity index (χ2v) is 12.4. The topological polar surface area (TPSA) is 107 Å². The monoisotopic (exact) mass is 603 g/mol. The first-order valence-corrected chi connectivity index (χ1v) is 14.4. The van der Waals surface area contributed by atoms with Gasteiger partial charge in [-0.25, -0.2) is 18.7 Å². The minimum Gasteiger partial charge on any atom is -0.389 e. The lowest BCUT2D eigenvalue weighted by atomic mass is 9.91. The van der Waals surface area contributed by atoms with Crippen molar-refractivity contribution in [3.63, 3.8) is 0 Å². The van der Waals surface area contributed by atoms with E-state index >= 15 is 0 Å². The predicted molar refractivity (Wildman–Crippen MR) is 144 cm³/mol. The second kappa shape index (κ2) is 11.8. The molecule has 14 heteroatoms. The molecule has 2 aromatic heterocycles. The fourth-order valence-electron chi connectivity index (χ4n) is 5.05. The highest BCUT2D eigenvalue weighted by atomic mass is 32.1. The minimum atomic E-state index is -4.93. The van der Waals surface area contributed by atoms with Gasteiger partial charge < -0.3 is 20.6 Å². The van der Waals surface area contributed by atoms with Crippen molar-refractivity contribution in [1.29, 1.82) is 0 Å². The number of likely N-dealkylation sites (tertiary alicyclic amines) is 1. The van der Waals surface area contributed by atoms with Crippen molar-refractivity contribution in [2.45, 2.75) is 95.5 Å². The van der Waals surface area contributed by atoms with Crippen LogP contribution in [-0.2, 0) is 6.18 Å². The summed E-state index contributed by atoms with van der Waals surface area (Å²) in [6.45, 7) is 5.00. The number of alkyl halides is 5. The number of amides is 2. The fourth-order valence-corrected chi connectivity index (χ4v) is 6.05. The number of hydrogen-bond acceptors (Lipinski definition) is 7. The Labute approximate surface area is 238 Å². The summed E-state index contributed by atoms with van der Waals surface area (Å²) >= 11 is 0.604. The van der Waals surface area contributed by atoms with Gasteiger partial charge in [0.25, 0.3) is 17.7 Å². The lowest BCUT2D eigenvalue weighted by Crippen LogP contribution is -2.42. The van der Waals surface area contributed by atoms with E-state index in [4.69, 9.17) is 0 Å².